The fourth-order valence-electron chi connectivity index (χ4n) is 15.9. The number of rotatable bonds is 21. The van der Waals surface area contributed by atoms with E-state index in [9.17, 15) is 97.5 Å². The Morgan fingerprint density at radius 2 is 0.782 bits per heavy atom. The largest absolute Gasteiger partial charge is 0.508 e. The Kier molecular flexibility index (Phi) is 44.1. The van der Waals surface area contributed by atoms with Crippen molar-refractivity contribution in [3.63, 3.8) is 0 Å². The van der Waals surface area contributed by atoms with Crippen LogP contribution in [0, 0.1) is 11.3 Å². The Balaban J connectivity index is 1.14. The number of amides is 15. The molecule has 0 spiro atoms. The number of phenols is 1. The summed E-state index contributed by atoms with van der Waals surface area (Å²) < 4.78 is 0. The first-order valence-corrected chi connectivity index (χ1v) is 50.8. The van der Waals surface area contributed by atoms with E-state index in [1.165, 1.54) is 80.7 Å². The van der Waals surface area contributed by atoms with Crippen molar-refractivity contribution in [1.29, 1.82) is 0 Å². The Labute approximate surface area is 860 Å². The lowest BCUT2D eigenvalue weighted by atomic mass is 9.81. The molecule has 0 saturated carbocycles. The lowest BCUT2D eigenvalue weighted by Crippen LogP contribution is -2.61. The maximum Gasteiger partial charge on any atom is 0.305 e. The molecule has 0 saturated heterocycles. The molecule has 15 amide bonds. The zero-order valence-corrected chi connectivity index (χ0v) is 84.2. The highest BCUT2D eigenvalue weighted by molar-refractivity contribution is 7.99. The van der Waals surface area contributed by atoms with Crippen molar-refractivity contribution in [2.24, 2.45) is 28.5 Å². The molecule has 42 nitrogen and oxygen atoms in total. The number of carbonyl (C=O) groups is 20. The second-order valence-electron chi connectivity index (χ2n) is 37.2. The second kappa shape index (κ2) is 56.0. The number of hydrogen-bond acceptors (Lipinski definition) is 26. The van der Waals surface area contributed by atoms with Crippen LogP contribution in [0.2, 0.25) is 0 Å². The molecule has 0 radical (unpaired) electrons. The maximum atomic E-state index is 15.3. The van der Waals surface area contributed by atoms with E-state index in [1.54, 1.807) is 81.4 Å². The highest BCUT2D eigenvalue weighted by atomic mass is 32.2. The van der Waals surface area contributed by atoms with E-state index in [0.29, 0.717) is 52.8 Å². The predicted octanol–water partition coefficient (Wildman–Crippen LogP) is 1.55. The summed E-state index contributed by atoms with van der Waals surface area (Å²) in [5.41, 5.74) is 22.2. The van der Waals surface area contributed by atoms with E-state index in [-0.39, 0.29) is 40.1 Å². The first-order chi connectivity index (χ1) is 69.7. The molecule has 786 valence electrons. The molecule has 5 aliphatic rings. The summed E-state index contributed by atoms with van der Waals surface area (Å²) in [6, 6.07) is 23.1. The number of carboxylic acid groups (broad SMARTS) is 4. The summed E-state index contributed by atoms with van der Waals surface area (Å²) in [6.07, 6.45) is -8.39. The van der Waals surface area contributed by atoms with Crippen LogP contribution in [0.15, 0.2) is 170 Å². The number of nitrogens with one attached hydrogen (secondary N) is 13. The minimum absolute atomic E-state index is 0.0202. The number of nitrogens with zero attached hydrogens (tertiary/aromatic N) is 1. The number of phenolic OH excluding ortho intramolecular Hbond substituents is 1. The number of carboxylic acids is 4. The zero-order chi connectivity index (χ0) is 107. The molecule has 45 heteroatoms. The molecule has 7 aromatic carbocycles. The third kappa shape index (κ3) is 37.9. The summed E-state index contributed by atoms with van der Waals surface area (Å²) in [4.78, 5) is 285. The molecule has 0 aromatic heterocycles. The highest BCUT2D eigenvalue weighted by Gasteiger charge is 2.42. The molecular formula is C102H125N17O25S3. The average Bonchev–Trinajstić information content (AvgIpc) is 0.821. The smallest absolute Gasteiger partial charge is 0.305 e. The molecule has 147 heavy (non-hydrogen) atoms. The zero-order valence-electron chi connectivity index (χ0n) is 81.8. The summed E-state index contributed by atoms with van der Waals surface area (Å²) in [6.45, 7) is 9.60. The quantitative estimate of drug-likeness (QED) is 0.0454. The minimum atomic E-state index is -2.22. The highest BCUT2D eigenvalue weighted by Crippen LogP contribution is 2.29. The Morgan fingerprint density at radius 3 is 1.25 bits per heavy atom. The molecule has 16 atom stereocenters. The van der Waals surface area contributed by atoms with E-state index < -0.39 is 285 Å². The van der Waals surface area contributed by atoms with Crippen LogP contribution in [0.5, 0.6) is 5.75 Å². The summed E-state index contributed by atoms with van der Waals surface area (Å²) in [5, 5.41) is 84.7. The summed E-state index contributed by atoms with van der Waals surface area (Å²) in [5.74, 6) is -25.2. The van der Waals surface area contributed by atoms with Crippen molar-refractivity contribution < 1.29 is 121 Å². The Hall–Kier alpha value is -14.8. The fourth-order valence-corrected chi connectivity index (χ4v) is 19.1. The maximum absolute atomic E-state index is 15.3. The first-order valence-electron chi connectivity index (χ1n) is 47.4. The molecule has 8 bridgehead atoms. The van der Waals surface area contributed by atoms with Crippen molar-refractivity contribution >= 4 is 164 Å². The topological polar surface area (TPSA) is 680 Å². The number of Topliss-reactive ketones (excluding diaryl/α,β-unsaturated/α-hetero) is 1. The van der Waals surface area contributed by atoms with Gasteiger partial charge in [-0.2, -0.15) is 35.3 Å². The molecule has 0 aliphatic carbocycles. The van der Waals surface area contributed by atoms with E-state index >= 15 is 24.0 Å². The van der Waals surface area contributed by atoms with Crippen molar-refractivity contribution in [1.82, 2.24) is 74.0 Å². The SMILES string of the molecule is C[C@H](N)C(=O)N[C@H]1CSCc2ccc(cc2)CN2Cc3ccc(cc3)CSC[C@@H](C(N)=O)CC(=O)[C@H](C(C)(C)C)NC(=O)[C@H](CC(=O)O)NC(=O)[C@H](Cc3ccc(O)cc3)NC(=O)[C@H](Cc3ccccc3)NC(=O)[C@H](CC(=O)O)NC(=O)[C@H](CCC(=O)O)NC(=O)[C@H](CSCc3ccc(cc3)C2)NC(=O)[C@@H](C)NC(=O)[C@H](Cc2cccc3ccccc23)NC(=O)[C@H](CCC(=O)O)NC(=O)[C@H](CC(N)=O)NC(=O)[C@@H](C)NC1=O. The number of fused-ring (bicyclic) bond motifs is 28. The Bertz CT molecular complexity index is 5900. The standard InChI is InChI=1S/C102H125N17O25S3/c1-55(103)89(132)116-79-53-146-50-64-27-21-61(22-28-64)47-119-46-60-19-25-63(26-20-60)49-145-52-68(88(105)131)42-81(121)87(102(4,5)6)118-99(142)78(45-86(129)130)115-96(139)74(40-59-31-33-69(120)34-32-59)111-95(138)73(39-58-13-8-7-9-14-58)112-98(141)77(44-85(127)128)114-93(136)72(36-38-84(125)126)109-101(144)80(54-147-51-65-29-23-62(48-119)24-30-65)117-91(134)57(3)106-94(137)75(41-67-17-12-16-66-15-10-11-18-70(66)67)113-92(135)71(35-37-83(123)124)108-97(140)76(43-82(104)122)110-90(133)56(2)107-100(79)143/h7-34,55-57,68,71-80,87,120H,35-54,103H2,1-6H3,(H2,104,122)(H2,105,131)(H,106,137)(H,107,143)(H,108,140)(H,109,144)(H,110,133)(H,111,138)(H,112,141)(H,113,135)(H,114,136)(H,115,139)(H,116,132)(H,117,134)(H,118,142)(H,123,124)(H,125,126)(H,127,128)(H,129,130)/t55-,56+,57+,68-,71-,72-,73-,74-,75-,76-,77-,78-,79-,80-,87+/m0/s1. The van der Waals surface area contributed by atoms with E-state index in [2.05, 4.69) is 74.0 Å². The number of aliphatic carboxylic acids is 4. The molecule has 1 unspecified atom stereocenters. The minimum Gasteiger partial charge on any atom is -0.508 e. The number of ketones is 1. The summed E-state index contributed by atoms with van der Waals surface area (Å²) in [7, 11) is 0. The molecular weight excluding hydrogens is 1960 g/mol. The van der Waals surface area contributed by atoms with Gasteiger partial charge in [0, 0.05) is 92.7 Å². The van der Waals surface area contributed by atoms with Crippen LogP contribution in [0.4, 0.5) is 0 Å². The Morgan fingerprint density at radius 1 is 0.401 bits per heavy atom. The predicted molar refractivity (Wildman–Crippen MR) is 544 cm³/mol. The van der Waals surface area contributed by atoms with Crippen LogP contribution < -0.4 is 86.3 Å². The van der Waals surface area contributed by atoms with Crippen LogP contribution in [0.3, 0.4) is 0 Å². The number of thioether (sulfide) groups is 3. The number of hydrogen-bond donors (Lipinski definition) is 21. The monoisotopic (exact) mass is 2080 g/mol. The van der Waals surface area contributed by atoms with Gasteiger partial charge in [0.25, 0.3) is 0 Å². The average molecular weight is 2090 g/mol. The molecule has 0 fully saturated rings. The van der Waals surface area contributed by atoms with Gasteiger partial charge in [0.2, 0.25) is 88.6 Å². The normalized spacial score (nSPS) is 23.6. The van der Waals surface area contributed by atoms with Gasteiger partial charge in [-0.05, 0) is 112 Å². The van der Waals surface area contributed by atoms with Crippen LogP contribution in [0.25, 0.3) is 10.8 Å². The lowest BCUT2D eigenvalue weighted by Gasteiger charge is -2.32. The van der Waals surface area contributed by atoms with Crippen LogP contribution in [-0.2, 0) is 152 Å². The number of nitrogens with two attached hydrogens (primary N) is 3. The van der Waals surface area contributed by atoms with Gasteiger partial charge in [-0.15, -0.1) is 0 Å². The van der Waals surface area contributed by atoms with Crippen molar-refractivity contribution in [2.75, 3.05) is 17.3 Å². The number of benzene rings is 7. The van der Waals surface area contributed by atoms with E-state index in [4.69, 9.17) is 17.2 Å². The second-order valence-corrected chi connectivity index (χ2v) is 40.3. The first kappa shape index (κ1) is 116. The van der Waals surface area contributed by atoms with Gasteiger partial charge in [-0.1, -0.05) is 178 Å². The molecule has 5 heterocycles. The van der Waals surface area contributed by atoms with Gasteiger partial charge in [0.15, 0.2) is 5.78 Å². The number of primary amides is 2. The van der Waals surface area contributed by atoms with Gasteiger partial charge >= 0.3 is 23.9 Å². The molecule has 5 aliphatic heterocycles. The van der Waals surface area contributed by atoms with E-state index in [1.807, 2.05) is 72.8 Å². The fraction of sp³-hybridized carbons (Fsp3) is 0.412. The summed E-state index contributed by atoms with van der Waals surface area (Å²) >= 11 is 3.61. The van der Waals surface area contributed by atoms with Gasteiger partial charge in [0.05, 0.1) is 37.3 Å². The molecule has 12 rings (SSSR count). The van der Waals surface area contributed by atoms with Crippen molar-refractivity contribution in [3.05, 3.63) is 220 Å². The van der Waals surface area contributed by atoms with Crippen LogP contribution >= 0.6 is 35.3 Å². The van der Waals surface area contributed by atoms with Gasteiger partial charge in [-0.3, -0.25) is 101 Å². The number of aromatic hydroxyl groups is 1. The molecule has 24 N–H and O–H groups in total. The van der Waals surface area contributed by atoms with Crippen LogP contribution in [0.1, 0.15) is 143 Å². The van der Waals surface area contributed by atoms with Crippen molar-refractivity contribution in [2.45, 2.75) is 234 Å². The van der Waals surface area contributed by atoms with Crippen molar-refractivity contribution in [3.8, 4) is 5.75 Å². The third-order valence-electron chi connectivity index (χ3n) is 24.0. The van der Waals surface area contributed by atoms with Gasteiger partial charge in [0.1, 0.15) is 78.3 Å². The van der Waals surface area contributed by atoms with E-state index in [0.717, 1.165) is 39.6 Å². The third-order valence-corrected chi connectivity index (χ3v) is 27.4. The molecule has 7 aromatic rings. The van der Waals surface area contributed by atoms with Gasteiger partial charge < -0.3 is 112 Å². The number of carbonyl (C=O) groups excluding carboxylic acids is 16. The van der Waals surface area contributed by atoms with Gasteiger partial charge in [-0.25, -0.2) is 0 Å². The lowest BCUT2D eigenvalue weighted by molar-refractivity contribution is -0.142. The van der Waals surface area contributed by atoms with Crippen LogP contribution in [-0.4, -0.2) is 251 Å².